The topological polar surface area (TPSA) is 42.2 Å². The van der Waals surface area contributed by atoms with E-state index < -0.39 is 6.10 Å². The van der Waals surface area contributed by atoms with Crippen molar-refractivity contribution in [3.63, 3.8) is 0 Å². The molecule has 0 aliphatic rings. The molecule has 3 nitrogen and oxygen atoms in total. The van der Waals surface area contributed by atoms with Crippen LogP contribution in [-0.4, -0.2) is 9.67 Å². The van der Waals surface area contributed by atoms with E-state index in [0.29, 0.717) is 13.0 Å². The van der Waals surface area contributed by atoms with Crippen molar-refractivity contribution in [2.45, 2.75) is 26.0 Å². The van der Waals surface area contributed by atoms with Gasteiger partial charge in [-0.1, -0.05) is 36.4 Å². The molecule has 3 heteroatoms. The highest BCUT2D eigenvalue weighted by molar-refractivity contribution is 5.17. The van der Waals surface area contributed by atoms with E-state index in [1.54, 1.807) is 23.8 Å². The van der Waals surface area contributed by atoms with Crippen molar-refractivity contribution in [1.29, 1.82) is 0 Å². The van der Waals surface area contributed by atoms with Crippen molar-refractivity contribution in [3.8, 4) is 0 Å². The van der Waals surface area contributed by atoms with Gasteiger partial charge >= 0.3 is 0 Å². The van der Waals surface area contributed by atoms with Crippen molar-refractivity contribution in [2.24, 2.45) is 0 Å². The molecule has 0 radical (unpaired) electrons. The summed E-state index contributed by atoms with van der Waals surface area (Å²) in [5, 5.41) is 10.0. The number of rotatable bonds is 4. The maximum atomic E-state index is 11.8. The minimum atomic E-state index is -0.529. The molecule has 1 heterocycles. The van der Waals surface area contributed by atoms with Crippen LogP contribution in [0.25, 0.3) is 0 Å². The quantitative estimate of drug-likeness (QED) is 0.895. The number of nitrogens with zero attached hydrogens (tertiary/aromatic N) is 1. The Bertz CT molecular complexity index is 560. The standard InChI is InChI=1S/C15H17NO2/c1-12-6-5-10-16(15(12)18)11-9-14(17)13-7-3-2-4-8-13/h2-8,10,14,17H,9,11H2,1H3. The number of aryl methyl sites for hydroxylation is 2. The molecule has 0 saturated heterocycles. The number of pyridine rings is 1. The first-order chi connectivity index (χ1) is 8.68. The van der Waals surface area contributed by atoms with Crippen LogP contribution >= 0.6 is 0 Å². The molecule has 1 N–H and O–H groups in total. The molecule has 0 spiro atoms. The molecule has 1 aromatic carbocycles. The van der Waals surface area contributed by atoms with E-state index >= 15 is 0 Å². The zero-order valence-corrected chi connectivity index (χ0v) is 10.4. The Labute approximate surface area is 106 Å². The van der Waals surface area contributed by atoms with Crippen molar-refractivity contribution in [3.05, 3.63) is 70.1 Å². The monoisotopic (exact) mass is 243 g/mol. The smallest absolute Gasteiger partial charge is 0.253 e. The third-order valence-corrected chi connectivity index (χ3v) is 3.04. The highest BCUT2D eigenvalue weighted by Crippen LogP contribution is 2.16. The lowest BCUT2D eigenvalue weighted by atomic mass is 10.1. The van der Waals surface area contributed by atoms with Crippen LogP contribution in [0.4, 0.5) is 0 Å². The molecule has 18 heavy (non-hydrogen) atoms. The predicted molar refractivity (Wildman–Crippen MR) is 71.5 cm³/mol. The number of aliphatic hydroxyl groups excluding tert-OH is 1. The number of hydrogen-bond donors (Lipinski definition) is 1. The maximum Gasteiger partial charge on any atom is 0.253 e. The predicted octanol–water partition coefficient (Wildman–Crippen LogP) is 2.28. The lowest BCUT2D eigenvalue weighted by Crippen LogP contribution is -2.22. The van der Waals surface area contributed by atoms with Gasteiger partial charge in [0.15, 0.2) is 0 Å². The second kappa shape index (κ2) is 5.65. The van der Waals surface area contributed by atoms with Crippen LogP contribution in [0.3, 0.4) is 0 Å². The highest BCUT2D eigenvalue weighted by Gasteiger charge is 2.07. The first-order valence-electron chi connectivity index (χ1n) is 6.07. The van der Waals surface area contributed by atoms with E-state index in [1.165, 1.54) is 0 Å². The Hall–Kier alpha value is -1.87. The third kappa shape index (κ3) is 2.87. The largest absolute Gasteiger partial charge is 0.388 e. The third-order valence-electron chi connectivity index (χ3n) is 3.04. The molecule has 2 aromatic rings. The number of aromatic nitrogens is 1. The Morgan fingerprint density at radius 2 is 1.89 bits per heavy atom. The molecule has 2 rings (SSSR count). The zero-order valence-electron chi connectivity index (χ0n) is 10.4. The molecule has 1 unspecified atom stereocenters. The molecule has 0 fully saturated rings. The van der Waals surface area contributed by atoms with Gasteiger partial charge in [0, 0.05) is 18.3 Å². The van der Waals surface area contributed by atoms with E-state index in [2.05, 4.69) is 0 Å². The van der Waals surface area contributed by atoms with E-state index in [9.17, 15) is 9.90 Å². The van der Waals surface area contributed by atoms with E-state index in [4.69, 9.17) is 0 Å². The van der Waals surface area contributed by atoms with E-state index in [1.807, 2.05) is 36.4 Å². The molecular formula is C15H17NO2. The SMILES string of the molecule is Cc1cccn(CCC(O)c2ccccc2)c1=O. The van der Waals surface area contributed by atoms with E-state index in [0.717, 1.165) is 11.1 Å². The van der Waals surface area contributed by atoms with Gasteiger partial charge in [0.05, 0.1) is 6.10 Å². The Morgan fingerprint density at radius 3 is 2.61 bits per heavy atom. The van der Waals surface area contributed by atoms with Gasteiger partial charge in [-0.2, -0.15) is 0 Å². The molecule has 0 amide bonds. The van der Waals surface area contributed by atoms with Crippen molar-refractivity contribution in [2.75, 3.05) is 0 Å². The van der Waals surface area contributed by atoms with Crippen molar-refractivity contribution in [1.82, 2.24) is 4.57 Å². The van der Waals surface area contributed by atoms with Crippen LogP contribution in [0.15, 0.2) is 53.5 Å². The lowest BCUT2D eigenvalue weighted by Gasteiger charge is -2.12. The summed E-state index contributed by atoms with van der Waals surface area (Å²) in [6.07, 6.45) is 1.76. The van der Waals surface area contributed by atoms with Crippen LogP contribution < -0.4 is 5.56 Å². The fourth-order valence-electron chi connectivity index (χ4n) is 1.94. The van der Waals surface area contributed by atoms with E-state index in [-0.39, 0.29) is 5.56 Å². The van der Waals surface area contributed by atoms with Gasteiger partial charge in [-0.25, -0.2) is 0 Å². The Balaban J connectivity index is 2.04. The average Bonchev–Trinajstić information content (AvgIpc) is 2.41. The molecule has 0 aliphatic carbocycles. The van der Waals surface area contributed by atoms with Crippen LogP contribution in [0.5, 0.6) is 0 Å². The first kappa shape index (κ1) is 12.6. The molecule has 0 aliphatic heterocycles. The molecule has 1 aromatic heterocycles. The van der Waals surface area contributed by atoms with Gasteiger partial charge in [0.1, 0.15) is 0 Å². The molecule has 0 bridgehead atoms. The fourth-order valence-corrected chi connectivity index (χ4v) is 1.94. The van der Waals surface area contributed by atoms with Crippen LogP contribution in [-0.2, 0) is 6.54 Å². The average molecular weight is 243 g/mol. The summed E-state index contributed by atoms with van der Waals surface area (Å²) < 4.78 is 1.64. The summed E-state index contributed by atoms with van der Waals surface area (Å²) in [5.74, 6) is 0. The van der Waals surface area contributed by atoms with Gasteiger partial charge < -0.3 is 9.67 Å². The molecule has 0 saturated carbocycles. The summed E-state index contributed by atoms with van der Waals surface area (Å²) in [6, 6.07) is 13.2. The van der Waals surface area contributed by atoms with Gasteiger partial charge in [-0.05, 0) is 25.0 Å². The van der Waals surface area contributed by atoms with Crippen LogP contribution in [0.1, 0.15) is 23.7 Å². The van der Waals surface area contributed by atoms with Gasteiger partial charge in [-0.3, -0.25) is 4.79 Å². The summed E-state index contributed by atoms with van der Waals surface area (Å²) in [7, 11) is 0. The van der Waals surface area contributed by atoms with Gasteiger partial charge in [0.2, 0.25) is 0 Å². The lowest BCUT2D eigenvalue weighted by molar-refractivity contribution is 0.160. The Kier molecular flexibility index (Phi) is 3.95. The minimum Gasteiger partial charge on any atom is -0.388 e. The Morgan fingerprint density at radius 1 is 1.17 bits per heavy atom. The summed E-state index contributed by atoms with van der Waals surface area (Å²) in [4.78, 5) is 11.8. The van der Waals surface area contributed by atoms with Crippen LogP contribution in [0, 0.1) is 6.92 Å². The first-order valence-corrected chi connectivity index (χ1v) is 6.07. The minimum absolute atomic E-state index is 0.0118. The second-order valence-electron chi connectivity index (χ2n) is 4.40. The number of aliphatic hydroxyl groups is 1. The summed E-state index contributed by atoms with van der Waals surface area (Å²) in [6.45, 7) is 2.32. The number of benzene rings is 1. The molecule has 94 valence electrons. The normalized spacial score (nSPS) is 12.3. The van der Waals surface area contributed by atoms with Crippen molar-refractivity contribution >= 4 is 0 Å². The fraction of sp³-hybridized carbons (Fsp3) is 0.267. The second-order valence-corrected chi connectivity index (χ2v) is 4.40. The molecule has 1 atom stereocenters. The molecular weight excluding hydrogens is 226 g/mol. The highest BCUT2D eigenvalue weighted by atomic mass is 16.3. The van der Waals surface area contributed by atoms with Crippen molar-refractivity contribution < 1.29 is 5.11 Å². The summed E-state index contributed by atoms with van der Waals surface area (Å²) in [5.41, 5.74) is 1.63. The summed E-state index contributed by atoms with van der Waals surface area (Å²) >= 11 is 0. The van der Waals surface area contributed by atoms with Gasteiger partial charge in [-0.15, -0.1) is 0 Å². The maximum absolute atomic E-state index is 11.8. The van der Waals surface area contributed by atoms with Crippen LogP contribution in [0.2, 0.25) is 0 Å². The number of hydrogen-bond acceptors (Lipinski definition) is 2. The van der Waals surface area contributed by atoms with Gasteiger partial charge in [0.25, 0.3) is 5.56 Å². The zero-order chi connectivity index (χ0) is 13.0.